The Morgan fingerprint density at radius 1 is 1.24 bits per heavy atom. The van der Waals surface area contributed by atoms with E-state index in [-0.39, 0.29) is 36.1 Å². The lowest BCUT2D eigenvalue weighted by Gasteiger charge is -2.37. The summed E-state index contributed by atoms with van der Waals surface area (Å²) in [5, 5.41) is 3.21. The molecule has 0 radical (unpaired) electrons. The van der Waals surface area contributed by atoms with Crippen molar-refractivity contribution in [2.75, 3.05) is 19.7 Å². The predicted octanol–water partition coefficient (Wildman–Crippen LogP) is 4.01. The van der Waals surface area contributed by atoms with Gasteiger partial charge >= 0.3 is 6.18 Å². The summed E-state index contributed by atoms with van der Waals surface area (Å²) in [6.07, 6.45) is 4.22. The van der Waals surface area contributed by atoms with E-state index in [0.29, 0.717) is 26.1 Å². The zero-order valence-electron chi connectivity index (χ0n) is 18.9. The Morgan fingerprint density at radius 2 is 2.03 bits per heavy atom. The first-order valence-electron chi connectivity index (χ1n) is 11.6. The molecule has 2 heterocycles. The summed E-state index contributed by atoms with van der Waals surface area (Å²) in [5.74, 6) is 1.00. The van der Waals surface area contributed by atoms with Gasteiger partial charge in [-0.25, -0.2) is 4.98 Å². The molecule has 180 valence electrons. The van der Waals surface area contributed by atoms with Gasteiger partial charge in [-0.15, -0.1) is 0 Å². The molecule has 0 unspecified atom stereocenters. The van der Waals surface area contributed by atoms with E-state index in [1.165, 1.54) is 12.1 Å². The molecule has 9 heteroatoms. The zero-order chi connectivity index (χ0) is 23.4. The lowest BCUT2D eigenvalue weighted by Crippen LogP contribution is -2.49. The van der Waals surface area contributed by atoms with Crippen LogP contribution in [0.1, 0.15) is 43.5 Å². The Labute approximate surface area is 192 Å². The van der Waals surface area contributed by atoms with Crippen LogP contribution in [0.4, 0.5) is 13.2 Å². The fourth-order valence-corrected chi connectivity index (χ4v) is 4.86. The van der Waals surface area contributed by atoms with Crippen molar-refractivity contribution in [1.29, 1.82) is 0 Å². The van der Waals surface area contributed by atoms with Crippen molar-refractivity contribution in [2.45, 2.75) is 50.9 Å². The van der Waals surface area contributed by atoms with Gasteiger partial charge in [0.05, 0.1) is 24.6 Å². The van der Waals surface area contributed by atoms with E-state index in [9.17, 15) is 18.0 Å². The van der Waals surface area contributed by atoms with Gasteiger partial charge in [-0.2, -0.15) is 13.2 Å². The number of carbonyl (C=O) groups is 1. The minimum atomic E-state index is -4.41. The van der Waals surface area contributed by atoms with Crippen molar-refractivity contribution in [3.8, 4) is 5.75 Å². The number of amides is 1. The van der Waals surface area contributed by atoms with Crippen molar-refractivity contribution in [3.63, 3.8) is 0 Å². The van der Waals surface area contributed by atoms with Crippen LogP contribution in [-0.2, 0) is 24.6 Å². The molecule has 1 aliphatic carbocycles. The van der Waals surface area contributed by atoms with E-state index >= 15 is 0 Å². The van der Waals surface area contributed by atoms with E-state index < -0.39 is 11.7 Å². The third-order valence-corrected chi connectivity index (χ3v) is 6.62. The molecule has 1 aromatic carbocycles. The lowest BCUT2D eigenvalue weighted by molar-refractivity contribution is -0.137. The van der Waals surface area contributed by atoms with Crippen LogP contribution in [0.3, 0.4) is 0 Å². The van der Waals surface area contributed by atoms with Crippen LogP contribution in [0.25, 0.3) is 0 Å². The molecule has 1 saturated heterocycles. The fraction of sp³-hybridized carbons (Fsp3) is 0.583. The van der Waals surface area contributed by atoms with E-state index in [1.54, 1.807) is 6.20 Å². The molecule has 6 nitrogen and oxygen atoms in total. The Balaban J connectivity index is 1.42. The van der Waals surface area contributed by atoms with Crippen LogP contribution in [0.15, 0.2) is 36.7 Å². The van der Waals surface area contributed by atoms with Crippen LogP contribution in [0, 0.1) is 11.8 Å². The summed E-state index contributed by atoms with van der Waals surface area (Å²) in [5.41, 5.74) is -0.728. The largest absolute Gasteiger partial charge is 0.493 e. The number of benzene rings is 1. The average molecular weight is 465 g/mol. The first kappa shape index (κ1) is 23.6. The summed E-state index contributed by atoms with van der Waals surface area (Å²) < 4.78 is 46.8. The number of rotatable bonds is 7. The normalized spacial score (nSPS) is 22.4. The molecule has 1 saturated carbocycles. The summed E-state index contributed by atoms with van der Waals surface area (Å²) in [6, 6.07) is 5.20. The molecule has 0 spiro atoms. The SMILES string of the molecule is Cn1ccnc1CN1C[C@@H](COc2cccc(C(F)(F)F)c2)C[C@@H](C(=O)NC2CCCC2)C1. The number of aromatic nitrogens is 2. The second kappa shape index (κ2) is 10.2. The zero-order valence-corrected chi connectivity index (χ0v) is 18.9. The number of ether oxygens (including phenoxy) is 1. The number of piperidine rings is 1. The number of nitrogens with one attached hydrogen (secondary N) is 1. The maximum Gasteiger partial charge on any atom is 0.416 e. The number of alkyl halides is 3. The standard InChI is InChI=1S/C24H31F3N4O2/c1-30-10-9-28-22(30)15-31-13-17(11-18(14-31)23(32)29-20-6-2-3-7-20)16-33-21-8-4-5-19(12-21)24(25,26)27/h4-5,8-10,12,17-18,20H,2-3,6-7,11,13-16H2,1H3,(H,29,32)/t17-,18+/m0/s1. The maximum atomic E-state index is 13.0. The Hall–Kier alpha value is -2.55. The van der Waals surface area contributed by atoms with Gasteiger partial charge in [0.1, 0.15) is 11.6 Å². The fourth-order valence-electron chi connectivity index (χ4n) is 4.86. The molecule has 2 aliphatic rings. The smallest absolute Gasteiger partial charge is 0.416 e. The van der Waals surface area contributed by atoms with Gasteiger partial charge in [0, 0.05) is 44.5 Å². The molecule has 2 fully saturated rings. The minimum absolute atomic E-state index is 0.0212. The number of halogens is 3. The van der Waals surface area contributed by atoms with Crippen LogP contribution >= 0.6 is 0 Å². The van der Waals surface area contributed by atoms with Crippen molar-refractivity contribution in [2.24, 2.45) is 18.9 Å². The summed E-state index contributed by atoms with van der Waals surface area (Å²) in [4.78, 5) is 19.6. The maximum absolute atomic E-state index is 13.0. The number of aryl methyl sites for hydroxylation is 1. The van der Waals surface area contributed by atoms with Crippen LogP contribution < -0.4 is 10.1 Å². The van der Waals surface area contributed by atoms with E-state index in [1.807, 2.05) is 17.8 Å². The molecule has 1 aliphatic heterocycles. The first-order chi connectivity index (χ1) is 15.8. The number of hydrogen-bond acceptors (Lipinski definition) is 4. The van der Waals surface area contributed by atoms with Crippen LogP contribution in [0.5, 0.6) is 5.75 Å². The number of imidazole rings is 1. The molecule has 33 heavy (non-hydrogen) atoms. The van der Waals surface area contributed by atoms with Crippen molar-refractivity contribution < 1.29 is 22.7 Å². The summed E-state index contributed by atoms with van der Waals surface area (Å²) in [7, 11) is 1.94. The molecule has 1 N–H and O–H groups in total. The minimum Gasteiger partial charge on any atom is -0.493 e. The predicted molar refractivity (Wildman–Crippen MR) is 117 cm³/mol. The highest BCUT2D eigenvalue weighted by atomic mass is 19.4. The molecule has 2 aromatic rings. The number of likely N-dealkylation sites (tertiary alicyclic amines) is 1. The molecule has 0 bridgehead atoms. The number of nitrogens with zero attached hydrogens (tertiary/aromatic N) is 3. The second-order valence-corrected chi connectivity index (χ2v) is 9.27. The molecule has 4 rings (SSSR count). The Kier molecular flexibility index (Phi) is 7.26. The highest BCUT2D eigenvalue weighted by molar-refractivity contribution is 5.79. The third-order valence-electron chi connectivity index (χ3n) is 6.62. The van der Waals surface area contributed by atoms with Gasteiger partial charge in [-0.3, -0.25) is 9.69 Å². The van der Waals surface area contributed by atoms with E-state index in [4.69, 9.17) is 4.74 Å². The molecular weight excluding hydrogens is 433 g/mol. The van der Waals surface area contributed by atoms with Gasteiger partial charge in [0.15, 0.2) is 0 Å². The first-order valence-corrected chi connectivity index (χ1v) is 11.6. The summed E-state index contributed by atoms with van der Waals surface area (Å²) >= 11 is 0. The summed E-state index contributed by atoms with van der Waals surface area (Å²) in [6.45, 7) is 2.19. The van der Waals surface area contributed by atoms with Gasteiger partial charge in [-0.05, 0) is 37.5 Å². The molecule has 2 atom stereocenters. The van der Waals surface area contributed by atoms with Crippen molar-refractivity contribution >= 4 is 5.91 Å². The Morgan fingerprint density at radius 3 is 2.73 bits per heavy atom. The molecular formula is C24H31F3N4O2. The number of carbonyl (C=O) groups excluding carboxylic acids is 1. The monoisotopic (exact) mass is 464 g/mol. The highest BCUT2D eigenvalue weighted by Gasteiger charge is 2.34. The van der Waals surface area contributed by atoms with Crippen molar-refractivity contribution in [1.82, 2.24) is 19.8 Å². The van der Waals surface area contributed by atoms with Gasteiger partial charge in [-0.1, -0.05) is 18.9 Å². The molecule has 1 aromatic heterocycles. The van der Waals surface area contributed by atoms with Crippen molar-refractivity contribution in [3.05, 3.63) is 48.0 Å². The van der Waals surface area contributed by atoms with Crippen LogP contribution in [0.2, 0.25) is 0 Å². The second-order valence-electron chi connectivity index (χ2n) is 9.27. The van der Waals surface area contributed by atoms with Gasteiger partial charge < -0.3 is 14.6 Å². The highest BCUT2D eigenvalue weighted by Crippen LogP contribution is 2.32. The van der Waals surface area contributed by atoms with Gasteiger partial charge in [0.25, 0.3) is 0 Å². The number of hydrogen-bond donors (Lipinski definition) is 1. The van der Waals surface area contributed by atoms with E-state index in [2.05, 4.69) is 15.2 Å². The Bertz CT molecular complexity index is 940. The van der Waals surface area contributed by atoms with E-state index in [0.717, 1.165) is 43.6 Å². The average Bonchev–Trinajstić information content (AvgIpc) is 3.44. The quantitative estimate of drug-likeness (QED) is 0.673. The topological polar surface area (TPSA) is 59.4 Å². The lowest BCUT2D eigenvalue weighted by atomic mass is 9.88. The van der Waals surface area contributed by atoms with Gasteiger partial charge in [0.2, 0.25) is 5.91 Å². The third kappa shape index (κ3) is 6.28. The molecule has 1 amide bonds. The van der Waals surface area contributed by atoms with Crippen LogP contribution in [-0.4, -0.2) is 46.1 Å².